The predicted octanol–water partition coefficient (Wildman–Crippen LogP) is 3.77. The lowest BCUT2D eigenvalue weighted by Gasteiger charge is -2.34. The molecule has 24 heavy (non-hydrogen) atoms. The van der Waals surface area contributed by atoms with Gasteiger partial charge in [-0.2, -0.15) is 0 Å². The minimum absolute atomic E-state index is 0.0162. The fourth-order valence-corrected chi connectivity index (χ4v) is 5.42. The highest BCUT2D eigenvalue weighted by Crippen LogP contribution is 2.32. The van der Waals surface area contributed by atoms with Crippen LogP contribution in [0.25, 0.3) is 0 Å². The molecular formula is C18H38O5Si. The third-order valence-electron chi connectivity index (χ3n) is 5.00. The molecule has 0 aromatic rings. The van der Waals surface area contributed by atoms with Gasteiger partial charge < -0.3 is 23.1 Å². The van der Waals surface area contributed by atoms with Crippen molar-refractivity contribution in [1.82, 2.24) is 0 Å². The Bertz CT molecular complexity index is 312. The normalized spacial score (nSPS) is 25.1. The number of unbranched alkanes of at least 4 members (excludes halogenated alkanes) is 2. The fraction of sp³-hybridized carbons (Fsp3) is 1.00. The summed E-state index contributed by atoms with van der Waals surface area (Å²) in [5.74, 6) is 0.548. The second-order valence-corrected chi connectivity index (χ2v) is 9.81. The highest BCUT2D eigenvalue weighted by atomic mass is 28.4. The Kier molecular flexibility index (Phi) is 11.4. The maximum atomic E-state index is 10.2. The summed E-state index contributed by atoms with van der Waals surface area (Å²) in [6.45, 7) is 5.76. The standard InChI is InChI=1S/C18H38O5Si/c1-5-7-12-22-18-15-16(9-10-17(18)19)11-14-24(20-3,21-4)23-13-8-6-2/h16-19H,5-15H2,1-4H3. The van der Waals surface area contributed by atoms with Gasteiger partial charge in [-0.05, 0) is 44.4 Å². The molecule has 1 aliphatic rings. The van der Waals surface area contributed by atoms with E-state index >= 15 is 0 Å². The first-order chi connectivity index (χ1) is 11.6. The number of aliphatic hydroxyl groups excluding tert-OH is 1. The van der Waals surface area contributed by atoms with Gasteiger partial charge in [0.2, 0.25) is 0 Å². The zero-order valence-electron chi connectivity index (χ0n) is 16.1. The Morgan fingerprint density at radius 3 is 2.29 bits per heavy atom. The molecule has 0 aliphatic heterocycles. The van der Waals surface area contributed by atoms with E-state index in [9.17, 15) is 5.11 Å². The second-order valence-electron chi connectivity index (χ2n) is 6.84. The van der Waals surface area contributed by atoms with E-state index in [1.54, 1.807) is 14.2 Å². The van der Waals surface area contributed by atoms with Crippen LogP contribution in [0.4, 0.5) is 0 Å². The first kappa shape index (κ1) is 22.1. The molecule has 144 valence electrons. The number of rotatable bonds is 13. The summed E-state index contributed by atoms with van der Waals surface area (Å²) >= 11 is 0. The molecular weight excluding hydrogens is 324 g/mol. The van der Waals surface area contributed by atoms with E-state index in [0.717, 1.165) is 64.0 Å². The average Bonchev–Trinajstić information content (AvgIpc) is 2.61. The maximum absolute atomic E-state index is 10.2. The maximum Gasteiger partial charge on any atom is 0.500 e. The van der Waals surface area contributed by atoms with Crippen molar-refractivity contribution in [1.29, 1.82) is 0 Å². The Morgan fingerprint density at radius 1 is 1.00 bits per heavy atom. The van der Waals surface area contributed by atoms with E-state index in [0.29, 0.717) is 12.5 Å². The largest absolute Gasteiger partial charge is 0.500 e. The zero-order valence-corrected chi connectivity index (χ0v) is 17.1. The summed E-state index contributed by atoms with van der Waals surface area (Å²) in [4.78, 5) is 0. The van der Waals surface area contributed by atoms with Crippen molar-refractivity contribution < 1.29 is 23.1 Å². The molecule has 1 aliphatic carbocycles. The van der Waals surface area contributed by atoms with Gasteiger partial charge in [0.15, 0.2) is 0 Å². The molecule has 0 bridgehead atoms. The van der Waals surface area contributed by atoms with E-state index in [4.69, 9.17) is 18.0 Å². The Balaban J connectivity index is 2.45. The number of hydrogen-bond donors (Lipinski definition) is 1. The van der Waals surface area contributed by atoms with Crippen LogP contribution in [0.1, 0.15) is 65.2 Å². The number of hydrogen-bond acceptors (Lipinski definition) is 5. The highest BCUT2D eigenvalue weighted by molar-refractivity contribution is 6.60. The van der Waals surface area contributed by atoms with Gasteiger partial charge >= 0.3 is 8.80 Å². The van der Waals surface area contributed by atoms with Gasteiger partial charge in [0.25, 0.3) is 0 Å². The van der Waals surface area contributed by atoms with E-state index in [1.807, 2.05) is 0 Å². The monoisotopic (exact) mass is 362 g/mol. The van der Waals surface area contributed by atoms with Gasteiger partial charge in [-0.3, -0.25) is 0 Å². The van der Waals surface area contributed by atoms with Gasteiger partial charge in [0.05, 0.1) is 12.2 Å². The van der Waals surface area contributed by atoms with Crippen LogP contribution in [0.3, 0.4) is 0 Å². The average molecular weight is 363 g/mol. The number of aliphatic hydroxyl groups is 1. The van der Waals surface area contributed by atoms with Crippen LogP contribution >= 0.6 is 0 Å². The Labute approximate surface area is 149 Å². The molecule has 0 saturated heterocycles. The van der Waals surface area contributed by atoms with Crippen LogP contribution in [0.2, 0.25) is 6.04 Å². The van der Waals surface area contributed by atoms with Crippen molar-refractivity contribution in [3.8, 4) is 0 Å². The summed E-state index contributed by atoms with van der Waals surface area (Å²) in [6.07, 6.45) is 7.80. The van der Waals surface area contributed by atoms with Gasteiger partial charge in [-0.15, -0.1) is 0 Å². The molecule has 0 amide bonds. The van der Waals surface area contributed by atoms with Crippen molar-refractivity contribution in [3.63, 3.8) is 0 Å². The molecule has 0 aromatic heterocycles. The molecule has 3 unspecified atom stereocenters. The fourth-order valence-electron chi connectivity index (χ4n) is 3.25. The van der Waals surface area contributed by atoms with Crippen molar-refractivity contribution in [2.45, 2.75) is 83.5 Å². The molecule has 6 heteroatoms. The van der Waals surface area contributed by atoms with Crippen LogP contribution in [0, 0.1) is 5.92 Å². The van der Waals surface area contributed by atoms with Gasteiger partial charge in [0.1, 0.15) is 0 Å². The molecule has 0 spiro atoms. The molecule has 0 aromatic carbocycles. The molecule has 3 atom stereocenters. The van der Waals surface area contributed by atoms with Crippen LogP contribution in [0.15, 0.2) is 0 Å². The van der Waals surface area contributed by atoms with Crippen molar-refractivity contribution in [2.75, 3.05) is 27.4 Å². The SMILES string of the molecule is CCCCOC1CC(CC[Si](OC)(OC)OCCCC)CCC1O. The van der Waals surface area contributed by atoms with E-state index in [1.165, 1.54) is 0 Å². The quantitative estimate of drug-likeness (QED) is 0.399. The zero-order chi connectivity index (χ0) is 17.8. The third-order valence-corrected chi connectivity index (χ3v) is 7.78. The van der Waals surface area contributed by atoms with E-state index in [-0.39, 0.29) is 12.2 Å². The van der Waals surface area contributed by atoms with E-state index < -0.39 is 8.80 Å². The summed E-state index contributed by atoms with van der Waals surface area (Å²) in [6, 6.07) is 0.839. The molecule has 0 radical (unpaired) electrons. The van der Waals surface area contributed by atoms with E-state index in [2.05, 4.69) is 13.8 Å². The topological polar surface area (TPSA) is 57.2 Å². The highest BCUT2D eigenvalue weighted by Gasteiger charge is 2.40. The summed E-state index contributed by atoms with van der Waals surface area (Å²) in [7, 11) is 0.857. The van der Waals surface area contributed by atoms with Gasteiger partial charge in [-0.1, -0.05) is 26.7 Å². The lowest BCUT2D eigenvalue weighted by molar-refractivity contribution is -0.0725. The summed E-state index contributed by atoms with van der Waals surface area (Å²) in [5, 5.41) is 10.2. The molecule has 1 rings (SSSR count). The molecule has 5 nitrogen and oxygen atoms in total. The van der Waals surface area contributed by atoms with Crippen LogP contribution in [0.5, 0.6) is 0 Å². The van der Waals surface area contributed by atoms with Crippen LogP contribution in [-0.2, 0) is 18.0 Å². The minimum atomic E-state index is -2.54. The molecule has 0 heterocycles. The molecule has 1 saturated carbocycles. The van der Waals surface area contributed by atoms with Gasteiger partial charge in [-0.25, -0.2) is 0 Å². The van der Waals surface area contributed by atoms with Crippen molar-refractivity contribution in [3.05, 3.63) is 0 Å². The lowest BCUT2D eigenvalue weighted by Crippen LogP contribution is -2.45. The second kappa shape index (κ2) is 12.4. The smallest absolute Gasteiger partial charge is 0.390 e. The molecule has 1 fully saturated rings. The van der Waals surface area contributed by atoms with Gasteiger partial charge in [0, 0.05) is 33.5 Å². The first-order valence-electron chi connectivity index (χ1n) is 9.64. The summed E-state index contributed by atoms with van der Waals surface area (Å²) in [5.41, 5.74) is 0. The third kappa shape index (κ3) is 7.50. The van der Waals surface area contributed by atoms with Crippen LogP contribution < -0.4 is 0 Å². The van der Waals surface area contributed by atoms with Crippen LogP contribution in [-0.4, -0.2) is 53.6 Å². The minimum Gasteiger partial charge on any atom is -0.390 e. The van der Waals surface area contributed by atoms with Crippen molar-refractivity contribution >= 4 is 8.80 Å². The Morgan fingerprint density at radius 2 is 1.67 bits per heavy atom. The summed E-state index contributed by atoms with van der Waals surface area (Å²) < 4.78 is 23.2. The Hall–Kier alpha value is 0.0169. The first-order valence-corrected chi connectivity index (χ1v) is 11.6. The van der Waals surface area contributed by atoms with Crippen molar-refractivity contribution in [2.24, 2.45) is 5.92 Å². The number of ether oxygens (including phenoxy) is 1. The lowest BCUT2D eigenvalue weighted by atomic mass is 9.84. The predicted molar refractivity (Wildman–Crippen MR) is 98.1 cm³/mol. The molecule has 1 N–H and O–H groups in total.